The number of pyridine rings is 1. The highest BCUT2D eigenvalue weighted by Gasteiger charge is 2.23. The molecule has 0 spiro atoms. The molecule has 0 aromatic carbocycles. The molecule has 0 bridgehead atoms. The van der Waals surface area contributed by atoms with Gasteiger partial charge in [-0.15, -0.1) is 0 Å². The van der Waals surface area contributed by atoms with Crippen LogP contribution in [0.25, 0.3) is 17.3 Å². The van der Waals surface area contributed by atoms with Crippen molar-refractivity contribution < 1.29 is 9.18 Å². The standard InChI is InChI=1S/C37H45FN2O/c1-8-25(4)20-32-24-39-35(22-34(32)26(5)9-2)36-23-37(41)28(7)21-33(40-36)18-17-29(10-3)31-14-13-27(6)30(15-16-31)12-11-19-38/h8,10,17-18,20,22-24,30-31H,1,5-7,9,11-16,19,21H2,2-4H3/b18-17-,25-20-,29-10+. The van der Waals surface area contributed by atoms with Gasteiger partial charge in [0.05, 0.1) is 18.1 Å². The van der Waals surface area contributed by atoms with Gasteiger partial charge in [0, 0.05) is 30.0 Å². The summed E-state index contributed by atoms with van der Waals surface area (Å²) in [4.78, 5) is 22.5. The van der Waals surface area contributed by atoms with E-state index in [-0.39, 0.29) is 12.5 Å². The largest absolute Gasteiger partial charge is 0.290 e. The second-order valence-electron chi connectivity index (χ2n) is 11.1. The van der Waals surface area contributed by atoms with Crippen LogP contribution >= 0.6 is 0 Å². The summed E-state index contributed by atoms with van der Waals surface area (Å²) >= 11 is 0. The number of allylic oxidation sites excluding steroid dienone is 10. The molecule has 41 heavy (non-hydrogen) atoms. The number of alkyl halides is 1. The maximum atomic E-state index is 12.9. The number of aliphatic imine (C=N–C) groups is 1. The van der Waals surface area contributed by atoms with Gasteiger partial charge in [-0.1, -0.05) is 62.6 Å². The SMILES string of the molecule is C=C/C(C)=C\c1cnc(C2=CC(=O)C(=C)CC(/C=C\C(=C/C)C3CCC(=C)C(CCCF)CC3)=N2)cc1C(=C)CC. The first-order chi connectivity index (χ1) is 19.7. The van der Waals surface area contributed by atoms with E-state index in [1.807, 2.05) is 37.4 Å². The Morgan fingerprint density at radius 3 is 2.68 bits per heavy atom. The molecule has 2 aliphatic rings. The first kappa shape index (κ1) is 31.9. The van der Waals surface area contributed by atoms with Gasteiger partial charge in [0.15, 0.2) is 5.78 Å². The third-order valence-corrected chi connectivity index (χ3v) is 8.20. The van der Waals surface area contributed by atoms with Gasteiger partial charge < -0.3 is 0 Å². The van der Waals surface area contributed by atoms with Crippen LogP contribution in [0.1, 0.15) is 89.0 Å². The Balaban J connectivity index is 1.91. The van der Waals surface area contributed by atoms with Crippen LogP contribution in [-0.4, -0.2) is 23.2 Å². The maximum Gasteiger partial charge on any atom is 0.183 e. The van der Waals surface area contributed by atoms with Gasteiger partial charge in [-0.3, -0.25) is 19.2 Å². The highest BCUT2D eigenvalue weighted by Crippen LogP contribution is 2.37. The number of hydrogen-bond acceptors (Lipinski definition) is 3. The second-order valence-corrected chi connectivity index (χ2v) is 11.1. The molecule has 0 amide bonds. The summed E-state index contributed by atoms with van der Waals surface area (Å²) in [5.41, 5.74) is 8.91. The van der Waals surface area contributed by atoms with Crippen molar-refractivity contribution in [1.29, 1.82) is 0 Å². The Hall–Kier alpha value is -3.66. The lowest BCUT2D eigenvalue weighted by Crippen LogP contribution is -2.04. The molecule has 2 heterocycles. The van der Waals surface area contributed by atoms with E-state index in [0.717, 1.165) is 66.5 Å². The van der Waals surface area contributed by atoms with Gasteiger partial charge in [0.1, 0.15) is 0 Å². The molecule has 2 atom stereocenters. The molecule has 1 aliphatic heterocycles. The topological polar surface area (TPSA) is 42.3 Å². The van der Waals surface area contributed by atoms with Crippen LogP contribution in [0.2, 0.25) is 0 Å². The zero-order valence-corrected chi connectivity index (χ0v) is 25.1. The molecule has 1 aromatic heterocycles. The predicted molar refractivity (Wildman–Crippen MR) is 174 cm³/mol. The van der Waals surface area contributed by atoms with Crippen molar-refractivity contribution in [1.82, 2.24) is 4.98 Å². The number of hydrogen-bond donors (Lipinski definition) is 0. The quantitative estimate of drug-likeness (QED) is 0.119. The molecule has 0 N–H and O–H groups in total. The number of carbonyl (C=O) groups excluding carboxylic acids is 1. The summed E-state index contributed by atoms with van der Waals surface area (Å²) in [6, 6.07) is 1.97. The number of carbonyl (C=O) groups is 1. The molecule has 1 aromatic rings. The number of halogens is 1. The third kappa shape index (κ3) is 8.66. The van der Waals surface area contributed by atoms with Crippen molar-refractivity contribution >= 4 is 28.8 Å². The Bertz CT molecular complexity index is 1350. The van der Waals surface area contributed by atoms with Gasteiger partial charge in [-0.2, -0.15) is 0 Å². The van der Waals surface area contributed by atoms with Crippen molar-refractivity contribution in [2.24, 2.45) is 16.8 Å². The van der Waals surface area contributed by atoms with E-state index in [0.29, 0.717) is 41.6 Å². The van der Waals surface area contributed by atoms with Gasteiger partial charge >= 0.3 is 0 Å². The monoisotopic (exact) mass is 552 g/mol. The maximum absolute atomic E-state index is 12.9. The number of aromatic nitrogens is 1. The van der Waals surface area contributed by atoms with Gasteiger partial charge in [-0.25, -0.2) is 0 Å². The van der Waals surface area contributed by atoms with Gasteiger partial charge in [0.2, 0.25) is 0 Å². The Labute approximate surface area is 246 Å². The summed E-state index contributed by atoms with van der Waals surface area (Å²) in [5.74, 6) is 0.692. The average molecular weight is 553 g/mol. The van der Waals surface area contributed by atoms with E-state index in [4.69, 9.17) is 4.99 Å². The molecule has 1 saturated carbocycles. The molecule has 2 unspecified atom stereocenters. The Morgan fingerprint density at radius 2 is 2.00 bits per heavy atom. The average Bonchev–Trinajstić information content (AvgIpc) is 3.24. The van der Waals surface area contributed by atoms with E-state index >= 15 is 0 Å². The fraction of sp³-hybridized carbons (Fsp3) is 0.378. The molecule has 0 radical (unpaired) electrons. The van der Waals surface area contributed by atoms with Crippen molar-refractivity contribution in [2.75, 3.05) is 6.67 Å². The minimum atomic E-state index is -0.261. The molecular weight excluding hydrogens is 507 g/mol. The van der Waals surface area contributed by atoms with Crippen LogP contribution in [0.5, 0.6) is 0 Å². The minimum Gasteiger partial charge on any atom is -0.290 e. The van der Waals surface area contributed by atoms with Crippen molar-refractivity contribution in [2.45, 2.75) is 72.1 Å². The van der Waals surface area contributed by atoms with Crippen LogP contribution < -0.4 is 0 Å². The van der Waals surface area contributed by atoms with Crippen molar-refractivity contribution in [3.63, 3.8) is 0 Å². The summed E-state index contributed by atoms with van der Waals surface area (Å²) in [5, 5.41) is 0. The molecular formula is C37H45FN2O. The first-order valence-corrected chi connectivity index (χ1v) is 14.8. The van der Waals surface area contributed by atoms with E-state index in [1.54, 1.807) is 6.08 Å². The van der Waals surface area contributed by atoms with Crippen LogP contribution in [-0.2, 0) is 4.79 Å². The molecule has 3 nitrogen and oxygen atoms in total. The van der Waals surface area contributed by atoms with Crippen LogP contribution in [0.4, 0.5) is 4.39 Å². The van der Waals surface area contributed by atoms with E-state index in [1.165, 1.54) is 11.1 Å². The van der Waals surface area contributed by atoms with Crippen LogP contribution in [0, 0.1) is 11.8 Å². The van der Waals surface area contributed by atoms with Gasteiger partial charge in [0.25, 0.3) is 0 Å². The molecule has 3 rings (SSSR count). The van der Waals surface area contributed by atoms with E-state index < -0.39 is 0 Å². The molecule has 1 fully saturated rings. The number of rotatable bonds is 11. The summed E-state index contributed by atoms with van der Waals surface area (Å²) in [6.45, 7) is 22.3. The van der Waals surface area contributed by atoms with Gasteiger partial charge in [-0.05, 0) is 111 Å². The molecule has 1 aliphatic carbocycles. The normalized spacial score (nSPS) is 20.9. The van der Waals surface area contributed by atoms with Crippen LogP contribution in [0.15, 0.2) is 96.2 Å². The minimum absolute atomic E-state index is 0.135. The van der Waals surface area contributed by atoms with Crippen molar-refractivity contribution in [3.05, 3.63) is 108 Å². The Morgan fingerprint density at radius 1 is 1.22 bits per heavy atom. The zero-order valence-electron chi connectivity index (χ0n) is 25.1. The third-order valence-electron chi connectivity index (χ3n) is 8.20. The summed E-state index contributed by atoms with van der Waals surface area (Å²) in [6.07, 6.45) is 20.3. The highest BCUT2D eigenvalue weighted by molar-refractivity contribution is 6.15. The zero-order chi connectivity index (χ0) is 29.9. The van der Waals surface area contributed by atoms with Crippen molar-refractivity contribution in [3.8, 4) is 0 Å². The van der Waals surface area contributed by atoms with Crippen LogP contribution in [0.3, 0.4) is 0 Å². The van der Waals surface area contributed by atoms with E-state index in [2.05, 4.69) is 57.3 Å². The number of nitrogens with zero attached hydrogens (tertiary/aromatic N) is 2. The Kier molecular flexibility index (Phi) is 11.9. The lowest BCUT2D eigenvalue weighted by Gasteiger charge is -2.16. The first-order valence-electron chi connectivity index (χ1n) is 14.8. The smallest absolute Gasteiger partial charge is 0.183 e. The molecule has 0 saturated heterocycles. The molecule has 4 heteroatoms. The lowest BCUT2D eigenvalue weighted by atomic mass is 9.89. The fourth-order valence-corrected chi connectivity index (χ4v) is 5.49. The highest BCUT2D eigenvalue weighted by atomic mass is 19.1. The van der Waals surface area contributed by atoms with E-state index in [9.17, 15) is 9.18 Å². The number of ketones is 1. The summed E-state index contributed by atoms with van der Waals surface area (Å²) < 4.78 is 12.8. The molecule has 216 valence electrons. The second kappa shape index (κ2) is 15.4. The summed E-state index contributed by atoms with van der Waals surface area (Å²) in [7, 11) is 0. The fourth-order valence-electron chi connectivity index (χ4n) is 5.49. The predicted octanol–water partition coefficient (Wildman–Crippen LogP) is 10.0. The lowest BCUT2D eigenvalue weighted by molar-refractivity contribution is -0.111.